The predicted octanol–water partition coefficient (Wildman–Crippen LogP) is 3.02. The van der Waals surface area contributed by atoms with E-state index in [4.69, 9.17) is 0 Å². The van der Waals surface area contributed by atoms with Crippen molar-refractivity contribution in [2.75, 3.05) is 6.61 Å². The second-order valence-corrected chi connectivity index (χ2v) is 5.07. The van der Waals surface area contributed by atoms with E-state index in [9.17, 15) is 5.11 Å². The summed E-state index contributed by atoms with van der Waals surface area (Å²) in [6, 6.07) is 8.35. The van der Waals surface area contributed by atoms with Crippen molar-refractivity contribution in [2.24, 2.45) is 5.41 Å². The summed E-state index contributed by atoms with van der Waals surface area (Å²) in [5.41, 5.74) is 1.04. The van der Waals surface area contributed by atoms with Crippen LogP contribution in [0.15, 0.2) is 36.9 Å². The lowest BCUT2D eigenvalue weighted by Crippen LogP contribution is -2.21. The van der Waals surface area contributed by atoms with Gasteiger partial charge in [0.1, 0.15) is 0 Å². The molecule has 1 rings (SSSR count). The zero-order valence-corrected chi connectivity index (χ0v) is 10.5. The molecule has 0 aliphatic rings. The van der Waals surface area contributed by atoms with Crippen molar-refractivity contribution in [2.45, 2.75) is 13.3 Å². The van der Waals surface area contributed by atoms with Crippen molar-refractivity contribution in [1.82, 2.24) is 0 Å². The van der Waals surface area contributed by atoms with Crippen molar-refractivity contribution < 1.29 is 5.11 Å². The van der Waals surface area contributed by atoms with E-state index in [0.29, 0.717) is 0 Å². The SMILES string of the molecule is C=CC(C)(CO)Cc1ccc(I)cc1. The van der Waals surface area contributed by atoms with E-state index in [2.05, 4.69) is 53.4 Å². The van der Waals surface area contributed by atoms with Crippen molar-refractivity contribution >= 4 is 22.6 Å². The van der Waals surface area contributed by atoms with Crippen LogP contribution in [0.1, 0.15) is 12.5 Å². The summed E-state index contributed by atoms with van der Waals surface area (Å²) in [6.45, 7) is 5.91. The second kappa shape index (κ2) is 4.94. The second-order valence-electron chi connectivity index (χ2n) is 3.82. The standard InChI is InChI=1S/C12H15IO/c1-3-12(2,9-14)8-10-4-6-11(13)7-5-10/h3-7,14H,1,8-9H2,2H3. The van der Waals surface area contributed by atoms with Crippen LogP contribution in [0, 0.1) is 8.99 Å². The van der Waals surface area contributed by atoms with Crippen LogP contribution in [0.25, 0.3) is 0 Å². The number of aliphatic hydroxyl groups is 1. The van der Waals surface area contributed by atoms with Crippen LogP contribution in [0.2, 0.25) is 0 Å². The molecule has 14 heavy (non-hydrogen) atoms. The molecule has 2 heteroatoms. The molecule has 0 aromatic heterocycles. The van der Waals surface area contributed by atoms with Crippen LogP contribution in [0.5, 0.6) is 0 Å². The Kier molecular flexibility index (Phi) is 4.13. The summed E-state index contributed by atoms with van der Waals surface area (Å²) in [4.78, 5) is 0. The molecule has 76 valence electrons. The smallest absolute Gasteiger partial charge is 0.0522 e. The van der Waals surface area contributed by atoms with E-state index in [1.165, 1.54) is 9.13 Å². The minimum atomic E-state index is -0.202. The molecule has 1 aromatic carbocycles. The number of aliphatic hydroxyl groups excluding tert-OH is 1. The fourth-order valence-corrected chi connectivity index (χ4v) is 1.62. The summed E-state index contributed by atoms with van der Waals surface area (Å²) >= 11 is 2.28. The molecule has 1 atom stereocenters. The highest BCUT2D eigenvalue weighted by Gasteiger charge is 2.19. The largest absolute Gasteiger partial charge is 0.395 e. The highest BCUT2D eigenvalue weighted by Crippen LogP contribution is 2.23. The molecule has 0 fully saturated rings. The molecule has 0 saturated heterocycles. The molecule has 0 spiro atoms. The van der Waals surface area contributed by atoms with Gasteiger partial charge in [-0.1, -0.05) is 25.1 Å². The Labute approximate surface area is 99.0 Å². The summed E-state index contributed by atoms with van der Waals surface area (Å²) in [5.74, 6) is 0. The van der Waals surface area contributed by atoms with E-state index in [1.807, 2.05) is 13.0 Å². The van der Waals surface area contributed by atoms with Crippen molar-refractivity contribution in [3.05, 3.63) is 46.1 Å². The molecule has 1 unspecified atom stereocenters. The van der Waals surface area contributed by atoms with Crippen LogP contribution in [0.4, 0.5) is 0 Å². The van der Waals surface area contributed by atoms with Gasteiger partial charge in [-0.2, -0.15) is 0 Å². The first-order valence-corrected chi connectivity index (χ1v) is 5.66. The predicted molar refractivity (Wildman–Crippen MR) is 68.3 cm³/mol. The summed E-state index contributed by atoms with van der Waals surface area (Å²) in [5, 5.41) is 9.23. The summed E-state index contributed by atoms with van der Waals surface area (Å²) in [6.07, 6.45) is 2.66. The third kappa shape index (κ3) is 3.10. The van der Waals surface area contributed by atoms with Crippen LogP contribution in [0.3, 0.4) is 0 Å². The molecule has 0 bridgehead atoms. The molecular formula is C12H15IO. The molecule has 1 N–H and O–H groups in total. The van der Waals surface area contributed by atoms with Gasteiger partial charge in [-0.25, -0.2) is 0 Å². The summed E-state index contributed by atoms with van der Waals surface area (Å²) in [7, 11) is 0. The zero-order chi connectivity index (χ0) is 10.6. The van der Waals surface area contributed by atoms with Crippen LogP contribution in [-0.4, -0.2) is 11.7 Å². The number of rotatable bonds is 4. The first-order valence-electron chi connectivity index (χ1n) is 4.58. The Bertz CT molecular complexity index is 305. The number of halogens is 1. The lowest BCUT2D eigenvalue weighted by Gasteiger charge is -2.22. The number of hydrogen-bond acceptors (Lipinski definition) is 1. The average molecular weight is 302 g/mol. The lowest BCUT2D eigenvalue weighted by molar-refractivity contribution is 0.184. The quantitative estimate of drug-likeness (QED) is 0.669. The third-order valence-corrected chi connectivity index (χ3v) is 3.09. The minimum absolute atomic E-state index is 0.141. The third-order valence-electron chi connectivity index (χ3n) is 2.38. The molecule has 0 aliphatic heterocycles. The maximum Gasteiger partial charge on any atom is 0.0522 e. The first-order chi connectivity index (χ1) is 6.59. The topological polar surface area (TPSA) is 20.2 Å². The van der Waals surface area contributed by atoms with Gasteiger partial charge < -0.3 is 5.11 Å². The Hall–Kier alpha value is -0.350. The molecule has 0 aliphatic carbocycles. The molecule has 0 amide bonds. The average Bonchev–Trinajstić information content (AvgIpc) is 2.21. The normalized spacial score (nSPS) is 14.8. The monoisotopic (exact) mass is 302 g/mol. The Morgan fingerprint density at radius 3 is 2.43 bits per heavy atom. The van der Waals surface area contributed by atoms with E-state index in [1.54, 1.807) is 0 Å². The lowest BCUT2D eigenvalue weighted by atomic mass is 9.85. The van der Waals surface area contributed by atoms with Gasteiger partial charge in [-0.15, -0.1) is 6.58 Å². The van der Waals surface area contributed by atoms with Gasteiger partial charge in [0.05, 0.1) is 6.61 Å². The molecule has 1 aromatic rings. The van der Waals surface area contributed by atoms with Gasteiger partial charge >= 0.3 is 0 Å². The number of hydrogen-bond donors (Lipinski definition) is 1. The summed E-state index contributed by atoms with van der Waals surface area (Å²) < 4.78 is 1.23. The van der Waals surface area contributed by atoms with Gasteiger partial charge in [0, 0.05) is 8.99 Å². The van der Waals surface area contributed by atoms with Crippen molar-refractivity contribution in [3.8, 4) is 0 Å². The van der Waals surface area contributed by atoms with Gasteiger partial charge in [0.25, 0.3) is 0 Å². The van der Waals surface area contributed by atoms with Gasteiger partial charge in [0.2, 0.25) is 0 Å². The Morgan fingerprint density at radius 2 is 2.00 bits per heavy atom. The highest BCUT2D eigenvalue weighted by atomic mass is 127. The van der Waals surface area contributed by atoms with E-state index < -0.39 is 0 Å². The van der Waals surface area contributed by atoms with E-state index >= 15 is 0 Å². The molecule has 1 nitrogen and oxygen atoms in total. The van der Waals surface area contributed by atoms with Crippen LogP contribution in [-0.2, 0) is 6.42 Å². The Morgan fingerprint density at radius 1 is 1.43 bits per heavy atom. The zero-order valence-electron chi connectivity index (χ0n) is 8.33. The maximum absolute atomic E-state index is 9.23. The van der Waals surface area contributed by atoms with Gasteiger partial charge in [0.15, 0.2) is 0 Å². The minimum Gasteiger partial charge on any atom is -0.395 e. The molecule has 0 saturated carbocycles. The first kappa shape index (κ1) is 11.7. The molecule has 0 radical (unpaired) electrons. The fraction of sp³-hybridized carbons (Fsp3) is 0.333. The molecular weight excluding hydrogens is 287 g/mol. The van der Waals surface area contributed by atoms with Crippen LogP contribution < -0.4 is 0 Å². The van der Waals surface area contributed by atoms with Crippen molar-refractivity contribution in [3.63, 3.8) is 0 Å². The fourth-order valence-electron chi connectivity index (χ4n) is 1.26. The van der Waals surface area contributed by atoms with Crippen molar-refractivity contribution in [1.29, 1.82) is 0 Å². The van der Waals surface area contributed by atoms with Gasteiger partial charge in [-0.3, -0.25) is 0 Å². The van der Waals surface area contributed by atoms with E-state index in [0.717, 1.165) is 6.42 Å². The molecule has 0 heterocycles. The number of benzene rings is 1. The van der Waals surface area contributed by atoms with E-state index in [-0.39, 0.29) is 12.0 Å². The maximum atomic E-state index is 9.23. The van der Waals surface area contributed by atoms with Gasteiger partial charge in [-0.05, 0) is 46.7 Å². The Balaban J connectivity index is 2.77. The highest BCUT2D eigenvalue weighted by molar-refractivity contribution is 14.1. The van der Waals surface area contributed by atoms with Crippen LogP contribution >= 0.6 is 22.6 Å².